The molecule has 4 aliphatic rings. The van der Waals surface area contributed by atoms with Gasteiger partial charge in [0.25, 0.3) is 0 Å². The number of Topliss-reactive ketones (excluding diaryl/α,β-unsaturated/α-hetero) is 1. The van der Waals surface area contributed by atoms with Gasteiger partial charge < -0.3 is 9.47 Å². The highest BCUT2D eigenvalue weighted by molar-refractivity contribution is 5.86. The molecule has 0 aliphatic heterocycles. The van der Waals surface area contributed by atoms with E-state index in [2.05, 4.69) is 39.8 Å². The minimum atomic E-state index is -0.220. The third-order valence-corrected chi connectivity index (χ3v) is 10.4. The molecule has 10 atom stereocenters. The van der Waals surface area contributed by atoms with Gasteiger partial charge >= 0.3 is 11.9 Å². The molecule has 33 heavy (non-hydrogen) atoms. The minimum Gasteiger partial charge on any atom is -0.469 e. The normalized spacial score (nSPS) is 44.9. The van der Waals surface area contributed by atoms with Crippen molar-refractivity contribution in [2.45, 2.75) is 85.7 Å². The van der Waals surface area contributed by atoms with Gasteiger partial charge in [0.05, 0.1) is 7.11 Å². The van der Waals surface area contributed by atoms with E-state index in [1.54, 1.807) is 0 Å². The number of ether oxygens (including phenoxy) is 2. The van der Waals surface area contributed by atoms with E-state index in [0.29, 0.717) is 30.0 Å². The zero-order valence-corrected chi connectivity index (χ0v) is 21.3. The highest BCUT2D eigenvalue weighted by Crippen LogP contribution is 2.66. The first-order valence-corrected chi connectivity index (χ1v) is 13.0. The second kappa shape index (κ2) is 8.85. The third kappa shape index (κ3) is 3.97. The van der Waals surface area contributed by atoms with Crippen LogP contribution < -0.4 is 0 Å². The Morgan fingerprint density at radius 3 is 2.58 bits per heavy atom. The molecule has 184 valence electrons. The van der Waals surface area contributed by atoms with E-state index in [0.717, 1.165) is 38.5 Å². The van der Waals surface area contributed by atoms with Crippen LogP contribution in [-0.2, 0) is 23.9 Å². The van der Waals surface area contributed by atoms with Crippen LogP contribution in [0, 0.1) is 52.3 Å². The fourth-order valence-electron chi connectivity index (χ4n) is 8.66. The highest BCUT2D eigenvalue weighted by atomic mass is 16.5. The van der Waals surface area contributed by atoms with Crippen LogP contribution in [0.2, 0.25) is 0 Å². The van der Waals surface area contributed by atoms with Crippen molar-refractivity contribution < 1.29 is 23.9 Å². The molecular formula is C28H42O5. The van der Waals surface area contributed by atoms with Gasteiger partial charge in [0.15, 0.2) is 0 Å². The van der Waals surface area contributed by atoms with E-state index in [4.69, 9.17) is 9.47 Å². The molecular weight excluding hydrogens is 416 g/mol. The quantitative estimate of drug-likeness (QED) is 0.409. The van der Waals surface area contributed by atoms with Gasteiger partial charge in [-0.3, -0.25) is 14.4 Å². The maximum atomic E-state index is 13.9. The van der Waals surface area contributed by atoms with Crippen LogP contribution in [0.3, 0.4) is 0 Å². The Balaban J connectivity index is 1.59. The lowest BCUT2D eigenvalue weighted by molar-refractivity contribution is -0.165. The summed E-state index contributed by atoms with van der Waals surface area (Å²) < 4.78 is 10.4. The Morgan fingerprint density at radius 1 is 1.18 bits per heavy atom. The summed E-state index contributed by atoms with van der Waals surface area (Å²) in [6.45, 7) is 10.6. The van der Waals surface area contributed by atoms with E-state index < -0.39 is 0 Å². The number of allylic oxidation sites excluding steroid dienone is 2. The van der Waals surface area contributed by atoms with Crippen LogP contribution in [0.25, 0.3) is 0 Å². The first kappa shape index (κ1) is 24.5. The molecule has 0 aromatic carbocycles. The van der Waals surface area contributed by atoms with Crippen LogP contribution in [0.15, 0.2) is 12.2 Å². The standard InChI is InChI=1S/C28H42O5/c1-16(7-10-24(30)32-6)20-8-9-21-25-22(12-14-27(20,21)4)28(5)13-11-19(33-18(3)29)15-23(28)17(2)26(25)31/h12,14,16-17,19-23,25H,7-11,13,15H2,1-6H3/t16-,17-,19-,20-,21?,22?,23+,25?,27-,28-/m1/s1. The zero-order valence-electron chi connectivity index (χ0n) is 21.3. The Hall–Kier alpha value is -1.65. The molecule has 0 radical (unpaired) electrons. The van der Waals surface area contributed by atoms with Crippen LogP contribution >= 0.6 is 0 Å². The second-order valence-corrected chi connectivity index (χ2v) is 12.0. The van der Waals surface area contributed by atoms with E-state index >= 15 is 0 Å². The molecule has 4 rings (SSSR count). The predicted molar refractivity (Wildman–Crippen MR) is 126 cm³/mol. The monoisotopic (exact) mass is 458 g/mol. The van der Waals surface area contributed by atoms with Crippen molar-refractivity contribution >= 4 is 17.7 Å². The SMILES string of the molecule is COC(=O)CC[C@@H](C)[C@H]1CCC2C3C(=O)[C@H](C)[C@@H]4C[C@H](OC(C)=O)CC[C@]4(C)C3C=C[C@@]21C. The van der Waals surface area contributed by atoms with Crippen LogP contribution in [0.4, 0.5) is 0 Å². The van der Waals surface area contributed by atoms with Gasteiger partial charge in [0, 0.05) is 25.2 Å². The van der Waals surface area contributed by atoms with Crippen molar-refractivity contribution in [2.75, 3.05) is 7.11 Å². The third-order valence-electron chi connectivity index (χ3n) is 10.4. The molecule has 3 unspecified atom stereocenters. The zero-order chi connectivity index (χ0) is 24.1. The van der Waals surface area contributed by atoms with Crippen LogP contribution in [-0.4, -0.2) is 30.9 Å². The minimum absolute atomic E-state index is 0.00107. The molecule has 0 aromatic rings. The fourth-order valence-corrected chi connectivity index (χ4v) is 8.66. The topological polar surface area (TPSA) is 69.7 Å². The van der Waals surface area contributed by atoms with Gasteiger partial charge in [0.2, 0.25) is 0 Å². The molecule has 0 spiro atoms. The smallest absolute Gasteiger partial charge is 0.305 e. The van der Waals surface area contributed by atoms with Crippen molar-refractivity contribution in [1.29, 1.82) is 0 Å². The van der Waals surface area contributed by atoms with Gasteiger partial charge in [-0.2, -0.15) is 0 Å². The van der Waals surface area contributed by atoms with Crippen LogP contribution in [0.1, 0.15) is 79.6 Å². The summed E-state index contributed by atoms with van der Waals surface area (Å²) in [5.74, 6) is 1.95. The van der Waals surface area contributed by atoms with Crippen molar-refractivity contribution in [3.8, 4) is 0 Å². The Labute approximate surface area is 199 Å². The number of rotatable bonds is 5. The first-order chi connectivity index (χ1) is 15.5. The summed E-state index contributed by atoms with van der Waals surface area (Å²) in [6, 6.07) is 0. The number of hydrogen-bond donors (Lipinski definition) is 0. The number of fused-ring (bicyclic) bond motifs is 5. The summed E-state index contributed by atoms with van der Waals surface area (Å²) in [7, 11) is 1.45. The molecule has 5 nitrogen and oxygen atoms in total. The molecule has 0 bridgehead atoms. The molecule has 3 fully saturated rings. The van der Waals surface area contributed by atoms with Gasteiger partial charge in [-0.15, -0.1) is 0 Å². The lowest BCUT2D eigenvalue weighted by Crippen LogP contribution is -2.59. The predicted octanol–water partition coefficient (Wildman–Crippen LogP) is 5.37. The number of hydrogen-bond acceptors (Lipinski definition) is 5. The summed E-state index contributed by atoms with van der Waals surface area (Å²) in [6.07, 6.45) is 11.0. The molecule has 5 heteroatoms. The first-order valence-electron chi connectivity index (χ1n) is 13.0. The second-order valence-electron chi connectivity index (χ2n) is 12.0. The van der Waals surface area contributed by atoms with Gasteiger partial charge in [-0.05, 0) is 78.9 Å². The largest absolute Gasteiger partial charge is 0.469 e. The number of methoxy groups -OCH3 is 1. The number of carbonyl (C=O) groups is 3. The van der Waals surface area contributed by atoms with Gasteiger partial charge in [0.1, 0.15) is 11.9 Å². The van der Waals surface area contributed by atoms with Crippen molar-refractivity contribution in [1.82, 2.24) is 0 Å². The summed E-state index contributed by atoms with van der Waals surface area (Å²) in [4.78, 5) is 37.1. The summed E-state index contributed by atoms with van der Waals surface area (Å²) in [5, 5.41) is 0. The number of carbonyl (C=O) groups excluding carboxylic acids is 3. The Morgan fingerprint density at radius 2 is 1.91 bits per heavy atom. The highest BCUT2D eigenvalue weighted by Gasteiger charge is 2.63. The molecule has 3 saturated carbocycles. The van der Waals surface area contributed by atoms with Crippen molar-refractivity contribution in [3.63, 3.8) is 0 Å². The molecule has 0 amide bonds. The maximum absolute atomic E-state index is 13.9. The van der Waals surface area contributed by atoms with Crippen molar-refractivity contribution in [3.05, 3.63) is 12.2 Å². The molecule has 0 heterocycles. The fraction of sp³-hybridized carbons (Fsp3) is 0.821. The average Bonchev–Trinajstić information content (AvgIpc) is 3.13. The molecule has 0 N–H and O–H groups in total. The number of ketones is 1. The van der Waals surface area contributed by atoms with E-state index in [1.165, 1.54) is 14.0 Å². The van der Waals surface area contributed by atoms with Crippen LogP contribution in [0.5, 0.6) is 0 Å². The summed E-state index contributed by atoms with van der Waals surface area (Å²) in [5.41, 5.74) is 0.0747. The van der Waals surface area contributed by atoms with E-state index in [9.17, 15) is 14.4 Å². The number of esters is 2. The van der Waals surface area contributed by atoms with E-state index in [-0.39, 0.29) is 52.5 Å². The lowest BCUT2D eigenvalue weighted by Gasteiger charge is -2.60. The Kier molecular flexibility index (Phi) is 6.56. The average molecular weight is 459 g/mol. The summed E-state index contributed by atoms with van der Waals surface area (Å²) >= 11 is 0. The van der Waals surface area contributed by atoms with Crippen molar-refractivity contribution in [2.24, 2.45) is 52.3 Å². The molecule has 0 saturated heterocycles. The van der Waals surface area contributed by atoms with Gasteiger partial charge in [-0.1, -0.05) is 39.8 Å². The Bertz CT molecular complexity index is 832. The maximum Gasteiger partial charge on any atom is 0.305 e. The molecule has 0 aromatic heterocycles. The van der Waals surface area contributed by atoms with E-state index in [1.807, 2.05) is 0 Å². The lowest BCUT2D eigenvalue weighted by atomic mass is 9.44. The van der Waals surface area contributed by atoms with Gasteiger partial charge in [-0.25, -0.2) is 0 Å². The molecule has 4 aliphatic carbocycles.